The Labute approximate surface area is 147 Å². The molecule has 23 heavy (non-hydrogen) atoms. The van der Waals surface area contributed by atoms with Gasteiger partial charge in [-0.1, -0.05) is 62.4 Å². The molecule has 126 valence electrons. The van der Waals surface area contributed by atoms with Crippen LogP contribution < -0.4 is 11.1 Å². The monoisotopic (exact) mass is 354 g/mol. The van der Waals surface area contributed by atoms with Crippen LogP contribution in [-0.4, -0.2) is 16.1 Å². The number of hydrogen-bond acceptors (Lipinski definition) is 5. The second-order valence-electron chi connectivity index (χ2n) is 5.81. The van der Waals surface area contributed by atoms with Gasteiger partial charge in [0.15, 0.2) is 0 Å². The van der Waals surface area contributed by atoms with Crippen LogP contribution in [0.25, 0.3) is 0 Å². The molecule has 0 saturated carbocycles. The summed E-state index contributed by atoms with van der Waals surface area (Å²) in [7, 11) is 0. The highest BCUT2D eigenvalue weighted by Gasteiger charge is 2.23. The predicted molar refractivity (Wildman–Crippen MR) is 96.9 cm³/mol. The lowest BCUT2D eigenvalue weighted by molar-refractivity contribution is -0.120. The Morgan fingerprint density at radius 2 is 1.87 bits per heavy atom. The van der Waals surface area contributed by atoms with Gasteiger partial charge < -0.3 is 11.1 Å². The number of hydrogen-bond donors (Lipinski definition) is 2. The lowest BCUT2D eigenvalue weighted by atomic mass is 9.95. The van der Waals surface area contributed by atoms with Gasteiger partial charge in [0.2, 0.25) is 11.0 Å². The standard InChI is InChI=1S/C16H22N4OS.ClH/c1-10(2)9-13-19-20-16(22-13)18-15(21)11(3)14(17)12-7-5-4-6-8-12;/h4-8,10-11,14H,9,17H2,1-3H3,(H,18,20,21);1H. The summed E-state index contributed by atoms with van der Waals surface area (Å²) < 4.78 is 0. The van der Waals surface area contributed by atoms with Crippen molar-refractivity contribution < 1.29 is 4.79 Å². The molecule has 1 heterocycles. The van der Waals surface area contributed by atoms with Crippen molar-refractivity contribution in [3.63, 3.8) is 0 Å². The van der Waals surface area contributed by atoms with Crippen molar-refractivity contribution in [3.05, 3.63) is 40.9 Å². The zero-order chi connectivity index (χ0) is 16.1. The number of amides is 1. The Kier molecular flexibility index (Phi) is 7.61. The van der Waals surface area contributed by atoms with Crippen LogP contribution in [-0.2, 0) is 11.2 Å². The van der Waals surface area contributed by atoms with Crippen molar-refractivity contribution in [2.75, 3.05) is 5.32 Å². The number of carbonyl (C=O) groups excluding carboxylic acids is 1. The van der Waals surface area contributed by atoms with E-state index in [4.69, 9.17) is 5.73 Å². The SMILES string of the molecule is CC(C)Cc1nnc(NC(=O)C(C)C(N)c2ccccc2)s1.Cl. The van der Waals surface area contributed by atoms with Crippen LogP contribution >= 0.6 is 23.7 Å². The number of nitrogens with one attached hydrogen (secondary N) is 1. The maximum absolute atomic E-state index is 12.3. The van der Waals surface area contributed by atoms with E-state index in [1.807, 2.05) is 37.3 Å². The minimum absolute atomic E-state index is 0. The van der Waals surface area contributed by atoms with Crippen LogP contribution in [0.5, 0.6) is 0 Å². The quantitative estimate of drug-likeness (QED) is 0.832. The molecule has 5 nitrogen and oxygen atoms in total. The van der Waals surface area contributed by atoms with E-state index in [9.17, 15) is 4.79 Å². The smallest absolute Gasteiger partial charge is 0.230 e. The first-order chi connectivity index (χ1) is 10.5. The van der Waals surface area contributed by atoms with E-state index in [1.165, 1.54) is 11.3 Å². The fourth-order valence-corrected chi connectivity index (χ4v) is 3.04. The summed E-state index contributed by atoms with van der Waals surface area (Å²) in [5.74, 6) is 0.0328. The van der Waals surface area contributed by atoms with Crippen molar-refractivity contribution in [1.82, 2.24) is 10.2 Å². The average molecular weight is 355 g/mol. The highest BCUT2D eigenvalue weighted by molar-refractivity contribution is 7.15. The first kappa shape index (κ1) is 19.5. The van der Waals surface area contributed by atoms with Gasteiger partial charge in [-0.25, -0.2) is 0 Å². The van der Waals surface area contributed by atoms with E-state index in [2.05, 4.69) is 29.4 Å². The second kappa shape index (κ2) is 8.96. The van der Waals surface area contributed by atoms with E-state index < -0.39 is 0 Å². The number of aromatic nitrogens is 2. The van der Waals surface area contributed by atoms with Crippen molar-refractivity contribution in [2.45, 2.75) is 33.2 Å². The summed E-state index contributed by atoms with van der Waals surface area (Å²) in [4.78, 5) is 12.3. The minimum Gasteiger partial charge on any atom is -0.323 e. The van der Waals surface area contributed by atoms with Gasteiger partial charge in [0.1, 0.15) is 5.01 Å². The van der Waals surface area contributed by atoms with Crippen molar-refractivity contribution in [1.29, 1.82) is 0 Å². The van der Waals surface area contributed by atoms with Gasteiger partial charge in [-0.2, -0.15) is 0 Å². The summed E-state index contributed by atoms with van der Waals surface area (Å²) in [6, 6.07) is 9.29. The van der Waals surface area contributed by atoms with E-state index in [0.29, 0.717) is 11.0 Å². The summed E-state index contributed by atoms with van der Waals surface area (Å²) >= 11 is 1.42. The number of benzene rings is 1. The Hall–Kier alpha value is -1.50. The molecule has 1 aromatic heterocycles. The van der Waals surface area contributed by atoms with Crippen LogP contribution in [0.15, 0.2) is 30.3 Å². The largest absolute Gasteiger partial charge is 0.323 e. The third-order valence-corrected chi connectivity index (χ3v) is 4.28. The predicted octanol–water partition coefficient (Wildman–Crippen LogP) is 3.43. The van der Waals surface area contributed by atoms with Crippen molar-refractivity contribution >= 4 is 34.8 Å². The van der Waals surface area contributed by atoms with Gasteiger partial charge in [0, 0.05) is 12.5 Å². The molecule has 3 N–H and O–H groups in total. The average Bonchev–Trinajstić information content (AvgIpc) is 2.92. The van der Waals surface area contributed by atoms with Gasteiger partial charge in [0.05, 0.1) is 5.92 Å². The molecule has 0 aliphatic carbocycles. The normalized spacial score (nSPS) is 13.3. The van der Waals surface area contributed by atoms with Crippen LogP contribution in [0, 0.1) is 11.8 Å². The summed E-state index contributed by atoms with van der Waals surface area (Å²) in [6.07, 6.45) is 0.868. The highest BCUT2D eigenvalue weighted by Crippen LogP contribution is 2.23. The van der Waals surface area contributed by atoms with E-state index in [-0.39, 0.29) is 30.3 Å². The zero-order valence-electron chi connectivity index (χ0n) is 13.5. The Bertz CT molecular complexity index is 618. The second-order valence-corrected chi connectivity index (χ2v) is 6.88. The fourth-order valence-electron chi connectivity index (χ4n) is 2.08. The molecule has 0 saturated heterocycles. The molecule has 0 radical (unpaired) electrons. The van der Waals surface area contributed by atoms with Gasteiger partial charge in [-0.3, -0.25) is 4.79 Å². The van der Waals surface area contributed by atoms with Gasteiger partial charge in [0.25, 0.3) is 0 Å². The molecule has 7 heteroatoms. The maximum Gasteiger partial charge on any atom is 0.230 e. The molecule has 0 spiro atoms. The Morgan fingerprint density at radius 1 is 1.22 bits per heavy atom. The lowest BCUT2D eigenvalue weighted by Gasteiger charge is -2.18. The number of rotatable bonds is 6. The van der Waals surface area contributed by atoms with Crippen LogP contribution in [0.3, 0.4) is 0 Å². The molecule has 2 unspecified atom stereocenters. The third-order valence-electron chi connectivity index (χ3n) is 3.42. The number of anilines is 1. The molecular formula is C16H23ClN4OS. The zero-order valence-corrected chi connectivity index (χ0v) is 15.2. The number of nitrogens with two attached hydrogens (primary N) is 1. The molecular weight excluding hydrogens is 332 g/mol. The van der Waals surface area contributed by atoms with E-state index >= 15 is 0 Å². The van der Waals surface area contributed by atoms with Crippen LogP contribution in [0.2, 0.25) is 0 Å². The van der Waals surface area contributed by atoms with Gasteiger partial charge in [-0.05, 0) is 11.5 Å². The Balaban J connectivity index is 0.00000264. The van der Waals surface area contributed by atoms with Gasteiger partial charge in [-0.15, -0.1) is 22.6 Å². The highest BCUT2D eigenvalue weighted by atomic mass is 35.5. The molecule has 0 bridgehead atoms. The molecule has 0 fully saturated rings. The number of carbonyl (C=O) groups is 1. The molecule has 0 aliphatic rings. The molecule has 2 rings (SSSR count). The number of nitrogens with zero attached hydrogens (tertiary/aromatic N) is 2. The fraction of sp³-hybridized carbons (Fsp3) is 0.438. The minimum atomic E-state index is -0.347. The van der Waals surface area contributed by atoms with Gasteiger partial charge >= 0.3 is 0 Å². The molecule has 0 aliphatic heterocycles. The van der Waals surface area contributed by atoms with Crippen molar-refractivity contribution in [2.24, 2.45) is 17.6 Å². The summed E-state index contributed by atoms with van der Waals surface area (Å²) in [5.41, 5.74) is 7.12. The number of halogens is 1. The molecule has 2 atom stereocenters. The van der Waals surface area contributed by atoms with E-state index in [1.54, 1.807) is 0 Å². The van der Waals surface area contributed by atoms with Crippen molar-refractivity contribution in [3.8, 4) is 0 Å². The summed E-state index contributed by atoms with van der Waals surface area (Å²) in [6.45, 7) is 6.07. The molecule has 1 aromatic carbocycles. The topological polar surface area (TPSA) is 80.9 Å². The van der Waals surface area contributed by atoms with E-state index in [0.717, 1.165) is 17.0 Å². The third kappa shape index (κ3) is 5.57. The van der Waals surface area contributed by atoms with Crippen LogP contribution in [0.1, 0.15) is 37.4 Å². The lowest BCUT2D eigenvalue weighted by Crippen LogP contribution is -2.30. The first-order valence-electron chi connectivity index (χ1n) is 7.41. The molecule has 1 amide bonds. The Morgan fingerprint density at radius 3 is 2.48 bits per heavy atom. The summed E-state index contributed by atoms with van der Waals surface area (Å²) in [5, 5.41) is 12.4. The van der Waals surface area contributed by atoms with Crippen LogP contribution in [0.4, 0.5) is 5.13 Å². The molecule has 2 aromatic rings. The maximum atomic E-state index is 12.3. The first-order valence-corrected chi connectivity index (χ1v) is 8.22.